The second-order valence-electron chi connectivity index (χ2n) is 9.58. The number of nitrogens with zero attached hydrogens (tertiary/aromatic N) is 6. The van der Waals surface area contributed by atoms with Crippen molar-refractivity contribution in [3.05, 3.63) is 47.7 Å². The van der Waals surface area contributed by atoms with Crippen LogP contribution in [0.1, 0.15) is 31.2 Å². The molecule has 1 aliphatic carbocycles. The molecule has 2 heterocycles. The van der Waals surface area contributed by atoms with Crippen molar-refractivity contribution in [2.45, 2.75) is 36.8 Å². The molecule has 2 aliphatic heterocycles. The Hall–Kier alpha value is -2.89. The van der Waals surface area contributed by atoms with E-state index in [0.29, 0.717) is 37.8 Å². The van der Waals surface area contributed by atoms with Crippen molar-refractivity contribution < 1.29 is 9.53 Å². The van der Waals surface area contributed by atoms with E-state index >= 15 is 0 Å². The van der Waals surface area contributed by atoms with Gasteiger partial charge in [0.25, 0.3) is 0 Å². The highest BCUT2D eigenvalue weighted by atomic mass is 16.5. The zero-order chi connectivity index (χ0) is 23.6. The van der Waals surface area contributed by atoms with E-state index in [0.717, 1.165) is 25.7 Å². The van der Waals surface area contributed by atoms with Gasteiger partial charge in [-0.3, -0.25) is 9.80 Å². The molecular weight excluding hydrogens is 416 g/mol. The quantitative estimate of drug-likeness (QED) is 0.690. The number of hydrogen-bond acceptors (Lipinski definition) is 6. The second-order valence-corrected chi connectivity index (χ2v) is 9.58. The monoisotopic (exact) mass is 450 g/mol. The fourth-order valence-corrected chi connectivity index (χ4v) is 5.71. The summed E-state index contributed by atoms with van der Waals surface area (Å²) in [5, 5.41) is 9.22. The molecule has 1 saturated carbocycles. The summed E-state index contributed by atoms with van der Waals surface area (Å²) >= 11 is 0. The first-order valence-electron chi connectivity index (χ1n) is 11.6. The van der Waals surface area contributed by atoms with Gasteiger partial charge in [-0.05, 0) is 45.3 Å². The number of guanidine groups is 1. The maximum atomic E-state index is 13.6. The number of carbonyl (C=O) groups is 1. The third-order valence-corrected chi connectivity index (χ3v) is 7.65. The van der Waals surface area contributed by atoms with Crippen LogP contribution < -0.4 is 0 Å². The van der Waals surface area contributed by atoms with E-state index in [1.54, 1.807) is 18.2 Å². The molecule has 0 bridgehead atoms. The number of benzene rings is 1. The molecule has 8 nitrogen and oxygen atoms in total. The fraction of sp³-hybridized carbons (Fsp3) is 0.560. The molecule has 0 N–H and O–H groups in total. The van der Waals surface area contributed by atoms with E-state index in [4.69, 9.17) is 4.74 Å². The molecule has 1 aromatic carbocycles. The molecule has 0 unspecified atom stereocenters. The van der Waals surface area contributed by atoms with Crippen molar-refractivity contribution >= 4 is 12.0 Å². The molecule has 1 saturated heterocycles. The lowest BCUT2D eigenvalue weighted by molar-refractivity contribution is 0.0180. The number of ether oxygens (including phenoxy) is 1. The van der Waals surface area contributed by atoms with Gasteiger partial charge in [-0.2, -0.15) is 5.26 Å². The maximum absolute atomic E-state index is 13.6. The standard InChI is InChI=1S/C25H34N6O2/c1-28(2)25(21-8-6-5-7-9-21)12-10-24(11-13-25)19-30(23(32)31(24)14-15-33-4)22-27-17-20(16-26)18-29(22)3/h5-9,17H,10-15,18-19H2,1-4H3/t24-,25+. The SMILES string of the molecule is COCCN1C(=O)N(C2=NC=C(C#N)CN2C)C[C@]12CC[C@](c1ccccc1)(N(C)C)CC2. The largest absolute Gasteiger partial charge is 0.383 e. The number of rotatable bonds is 5. The van der Waals surface area contributed by atoms with Gasteiger partial charge in [-0.1, -0.05) is 30.3 Å². The molecule has 2 amide bonds. The van der Waals surface area contributed by atoms with Crippen molar-refractivity contribution in [1.82, 2.24) is 19.6 Å². The number of nitriles is 1. The fourth-order valence-electron chi connectivity index (χ4n) is 5.71. The first kappa shape index (κ1) is 23.3. The minimum Gasteiger partial charge on any atom is -0.383 e. The highest BCUT2D eigenvalue weighted by molar-refractivity contribution is 5.99. The summed E-state index contributed by atoms with van der Waals surface area (Å²) in [6.45, 7) is 2.12. The number of urea groups is 1. The summed E-state index contributed by atoms with van der Waals surface area (Å²) in [7, 11) is 7.87. The van der Waals surface area contributed by atoms with Crippen LogP contribution in [0.25, 0.3) is 0 Å². The van der Waals surface area contributed by atoms with Crippen molar-refractivity contribution in [3.8, 4) is 6.07 Å². The molecule has 176 valence electrons. The molecule has 33 heavy (non-hydrogen) atoms. The van der Waals surface area contributed by atoms with E-state index in [2.05, 4.69) is 60.4 Å². The highest BCUT2D eigenvalue weighted by Crippen LogP contribution is 2.49. The number of likely N-dealkylation sites (N-methyl/N-ethyl adjacent to an activating group) is 1. The summed E-state index contributed by atoms with van der Waals surface area (Å²) < 4.78 is 5.36. The van der Waals surface area contributed by atoms with Gasteiger partial charge in [-0.15, -0.1) is 0 Å². The lowest BCUT2D eigenvalue weighted by atomic mass is 9.68. The predicted molar refractivity (Wildman–Crippen MR) is 127 cm³/mol. The zero-order valence-electron chi connectivity index (χ0n) is 20.1. The molecule has 0 radical (unpaired) electrons. The third kappa shape index (κ3) is 4.00. The first-order chi connectivity index (χ1) is 15.9. The van der Waals surface area contributed by atoms with Gasteiger partial charge >= 0.3 is 6.03 Å². The summed E-state index contributed by atoms with van der Waals surface area (Å²) in [4.78, 5) is 26.2. The number of amides is 2. The van der Waals surface area contributed by atoms with Crippen molar-refractivity contribution in [2.24, 2.45) is 4.99 Å². The average Bonchev–Trinajstić information content (AvgIpc) is 3.09. The van der Waals surface area contributed by atoms with Crippen LogP contribution >= 0.6 is 0 Å². The van der Waals surface area contributed by atoms with Crippen LogP contribution in [0.5, 0.6) is 0 Å². The van der Waals surface area contributed by atoms with Gasteiger partial charge in [0.2, 0.25) is 5.96 Å². The molecule has 1 aromatic rings. The van der Waals surface area contributed by atoms with E-state index < -0.39 is 0 Å². The Morgan fingerprint density at radius 3 is 2.45 bits per heavy atom. The zero-order valence-corrected chi connectivity index (χ0v) is 20.1. The highest BCUT2D eigenvalue weighted by Gasteiger charge is 2.55. The maximum Gasteiger partial charge on any atom is 0.327 e. The first-order valence-corrected chi connectivity index (χ1v) is 11.6. The number of hydrogen-bond donors (Lipinski definition) is 0. The van der Waals surface area contributed by atoms with E-state index in [9.17, 15) is 10.1 Å². The lowest BCUT2D eigenvalue weighted by Gasteiger charge is -2.51. The van der Waals surface area contributed by atoms with Crippen LogP contribution in [0, 0.1) is 11.3 Å². The predicted octanol–water partition coefficient (Wildman–Crippen LogP) is 2.85. The van der Waals surface area contributed by atoms with E-state index in [1.807, 2.05) is 16.8 Å². The second kappa shape index (κ2) is 9.16. The molecule has 3 aliphatic rings. The van der Waals surface area contributed by atoms with Gasteiger partial charge in [0.1, 0.15) is 0 Å². The van der Waals surface area contributed by atoms with E-state index in [1.165, 1.54) is 5.56 Å². The average molecular weight is 451 g/mol. The Bertz CT molecular complexity index is 972. The topological polar surface area (TPSA) is 75.4 Å². The van der Waals surface area contributed by atoms with Crippen LogP contribution in [-0.2, 0) is 10.3 Å². The van der Waals surface area contributed by atoms with Gasteiger partial charge in [0, 0.05) is 32.4 Å². The summed E-state index contributed by atoms with van der Waals surface area (Å²) in [5.74, 6) is 0.616. The molecule has 1 spiro atoms. The van der Waals surface area contributed by atoms with Crippen LogP contribution in [0.4, 0.5) is 4.79 Å². The van der Waals surface area contributed by atoms with Gasteiger partial charge in [-0.25, -0.2) is 9.79 Å². The Kier molecular flexibility index (Phi) is 6.46. The van der Waals surface area contributed by atoms with Gasteiger partial charge in [0.05, 0.1) is 36.9 Å². The van der Waals surface area contributed by atoms with Gasteiger partial charge < -0.3 is 14.5 Å². The summed E-state index contributed by atoms with van der Waals surface area (Å²) in [5.41, 5.74) is 1.63. The molecule has 0 aromatic heterocycles. The van der Waals surface area contributed by atoms with E-state index in [-0.39, 0.29) is 17.1 Å². The van der Waals surface area contributed by atoms with Gasteiger partial charge in [0.15, 0.2) is 0 Å². The summed E-state index contributed by atoms with van der Waals surface area (Å²) in [6.07, 6.45) is 5.33. The van der Waals surface area contributed by atoms with Crippen LogP contribution in [0.3, 0.4) is 0 Å². The minimum atomic E-state index is -0.257. The summed E-state index contributed by atoms with van der Waals surface area (Å²) in [6, 6.07) is 12.9. The smallest absolute Gasteiger partial charge is 0.327 e. The number of carbonyl (C=O) groups excluding carboxylic acids is 1. The van der Waals surface area contributed by atoms with Crippen LogP contribution in [-0.4, -0.2) is 91.6 Å². The number of aliphatic imine (C=N–C) groups is 1. The Labute approximate surface area is 196 Å². The molecular formula is C25H34N6O2. The van der Waals surface area contributed by atoms with Crippen molar-refractivity contribution in [1.29, 1.82) is 5.26 Å². The Balaban J connectivity index is 1.63. The molecule has 4 rings (SSSR count). The molecule has 0 atom stereocenters. The minimum absolute atomic E-state index is 0.0245. The lowest BCUT2D eigenvalue weighted by Crippen LogP contribution is -2.56. The number of methoxy groups -OCH3 is 1. The normalized spacial score (nSPS) is 27.8. The third-order valence-electron chi connectivity index (χ3n) is 7.65. The van der Waals surface area contributed by atoms with Crippen molar-refractivity contribution in [3.63, 3.8) is 0 Å². The van der Waals surface area contributed by atoms with Crippen LogP contribution in [0.2, 0.25) is 0 Å². The van der Waals surface area contributed by atoms with Crippen LogP contribution in [0.15, 0.2) is 47.1 Å². The Morgan fingerprint density at radius 2 is 1.88 bits per heavy atom. The Morgan fingerprint density at radius 1 is 1.18 bits per heavy atom. The molecule has 8 heteroatoms. The molecule has 2 fully saturated rings. The van der Waals surface area contributed by atoms with Crippen molar-refractivity contribution in [2.75, 3.05) is 54.5 Å².